The number of anilines is 4. The molecular weight excluding hydrogens is 304 g/mol. The molecule has 2 aromatic rings. The first kappa shape index (κ1) is 17.5. The lowest BCUT2D eigenvalue weighted by Crippen LogP contribution is -2.21. The van der Waals surface area contributed by atoms with Gasteiger partial charge in [0.1, 0.15) is 5.69 Å². The number of hydrogen-bond acceptors (Lipinski definition) is 6. The van der Waals surface area contributed by atoms with Gasteiger partial charge in [-0.25, -0.2) is 4.98 Å². The number of benzene rings is 1. The van der Waals surface area contributed by atoms with Crippen LogP contribution in [0.15, 0.2) is 30.5 Å². The molecule has 0 aliphatic rings. The van der Waals surface area contributed by atoms with E-state index in [0.717, 1.165) is 5.69 Å². The molecule has 0 aliphatic carbocycles. The number of amides is 1. The zero-order valence-electron chi connectivity index (χ0n) is 15.0. The minimum atomic E-state index is -0.192. The van der Waals surface area contributed by atoms with Crippen molar-refractivity contribution in [1.82, 2.24) is 9.97 Å². The third-order valence-electron chi connectivity index (χ3n) is 3.45. The maximum Gasteiger partial charge on any atom is 0.255 e. The number of nitrogens with zero attached hydrogens (tertiary/aromatic N) is 5. The Labute approximate surface area is 142 Å². The lowest BCUT2D eigenvalue weighted by Gasteiger charge is -2.19. The van der Waals surface area contributed by atoms with Crippen molar-refractivity contribution in [3.8, 4) is 0 Å². The molecule has 7 nitrogen and oxygen atoms in total. The highest BCUT2D eigenvalue weighted by molar-refractivity contribution is 6.06. The average molecular weight is 328 g/mol. The molecule has 0 bridgehead atoms. The maximum absolute atomic E-state index is 12.6. The molecule has 24 heavy (non-hydrogen) atoms. The Hall–Kier alpha value is -2.83. The van der Waals surface area contributed by atoms with Crippen LogP contribution in [0.3, 0.4) is 0 Å². The van der Waals surface area contributed by atoms with Crippen LogP contribution in [0, 0.1) is 0 Å². The predicted octanol–water partition coefficient (Wildman–Crippen LogP) is 1.93. The van der Waals surface area contributed by atoms with E-state index in [4.69, 9.17) is 0 Å². The molecular formula is C17H24N6O. The van der Waals surface area contributed by atoms with E-state index in [2.05, 4.69) is 15.3 Å². The van der Waals surface area contributed by atoms with E-state index < -0.39 is 0 Å². The lowest BCUT2D eigenvalue weighted by molar-refractivity contribution is 0.102. The van der Waals surface area contributed by atoms with E-state index in [1.165, 1.54) is 0 Å². The molecule has 0 unspecified atom stereocenters. The van der Waals surface area contributed by atoms with Gasteiger partial charge in [-0.3, -0.25) is 4.79 Å². The smallest absolute Gasteiger partial charge is 0.255 e. The molecule has 0 radical (unpaired) electrons. The molecule has 0 aliphatic heterocycles. The summed E-state index contributed by atoms with van der Waals surface area (Å²) in [6.45, 7) is 0. The van der Waals surface area contributed by atoms with Gasteiger partial charge in [0, 0.05) is 53.5 Å². The highest BCUT2D eigenvalue weighted by atomic mass is 16.1. The Morgan fingerprint density at radius 2 is 1.71 bits per heavy atom. The summed E-state index contributed by atoms with van der Waals surface area (Å²) >= 11 is 0. The van der Waals surface area contributed by atoms with Crippen LogP contribution in [-0.4, -0.2) is 58.2 Å². The van der Waals surface area contributed by atoms with E-state index in [1.807, 2.05) is 75.2 Å². The van der Waals surface area contributed by atoms with Gasteiger partial charge in [0.05, 0.1) is 6.20 Å². The van der Waals surface area contributed by atoms with Gasteiger partial charge in [-0.05, 0) is 18.2 Å². The number of nitrogens with one attached hydrogen (secondary N) is 1. The third-order valence-corrected chi connectivity index (χ3v) is 3.45. The molecule has 0 fully saturated rings. The molecule has 1 aromatic carbocycles. The predicted molar refractivity (Wildman–Crippen MR) is 99.4 cm³/mol. The maximum atomic E-state index is 12.6. The van der Waals surface area contributed by atoms with E-state index in [-0.39, 0.29) is 5.91 Å². The van der Waals surface area contributed by atoms with Crippen molar-refractivity contribution in [3.05, 3.63) is 36.0 Å². The molecule has 0 spiro atoms. The second kappa shape index (κ2) is 7.16. The summed E-state index contributed by atoms with van der Waals surface area (Å²) < 4.78 is 0. The van der Waals surface area contributed by atoms with Crippen molar-refractivity contribution in [1.29, 1.82) is 0 Å². The summed E-state index contributed by atoms with van der Waals surface area (Å²) in [5.41, 5.74) is 2.13. The van der Waals surface area contributed by atoms with E-state index >= 15 is 0 Å². The van der Waals surface area contributed by atoms with Crippen molar-refractivity contribution in [2.24, 2.45) is 0 Å². The fourth-order valence-corrected chi connectivity index (χ4v) is 2.13. The van der Waals surface area contributed by atoms with Crippen LogP contribution in [0.25, 0.3) is 0 Å². The lowest BCUT2D eigenvalue weighted by atomic mass is 10.2. The zero-order valence-corrected chi connectivity index (χ0v) is 15.0. The van der Waals surface area contributed by atoms with Gasteiger partial charge < -0.3 is 20.0 Å². The highest BCUT2D eigenvalue weighted by Gasteiger charge is 2.14. The van der Waals surface area contributed by atoms with Gasteiger partial charge in [0.25, 0.3) is 5.91 Å². The fourth-order valence-electron chi connectivity index (χ4n) is 2.13. The SMILES string of the molecule is CN(C)c1cccc(C(=O)Nc2cnc(N(C)C)nc2N(C)C)c1. The molecule has 1 amide bonds. The Balaban J connectivity index is 2.30. The van der Waals surface area contributed by atoms with Gasteiger partial charge in [-0.1, -0.05) is 6.07 Å². The van der Waals surface area contributed by atoms with Crippen LogP contribution in [0.2, 0.25) is 0 Å². The first-order valence-corrected chi connectivity index (χ1v) is 7.60. The van der Waals surface area contributed by atoms with Crippen LogP contribution in [0.5, 0.6) is 0 Å². The zero-order chi connectivity index (χ0) is 17.9. The largest absolute Gasteiger partial charge is 0.378 e. The average Bonchev–Trinajstić information content (AvgIpc) is 2.54. The monoisotopic (exact) mass is 328 g/mol. The van der Waals surface area contributed by atoms with Crippen LogP contribution in [0.4, 0.5) is 23.1 Å². The minimum absolute atomic E-state index is 0.192. The molecule has 0 atom stereocenters. The van der Waals surface area contributed by atoms with E-state index in [9.17, 15) is 4.79 Å². The summed E-state index contributed by atoms with van der Waals surface area (Å²) in [4.78, 5) is 27.0. The normalized spacial score (nSPS) is 10.2. The molecule has 2 rings (SSSR count). The standard InChI is InChI=1S/C17H24N6O/c1-21(2)13-9-7-8-12(10-13)16(24)19-14-11-18-17(23(5)6)20-15(14)22(3)4/h7-11H,1-6H3,(H,19,24). The molecule has 0 saturated carbocycles. The Morgan fingerprint density at radius 3 is 2.29 bits per heavy atom. The topological polar surface area (TPSA) is 64.6 Å². The van der Waals surface area contributed by atoms with Gasteiger partial charge in [0.15, 0.2) is 5.82 Å². The van der Waals surface area contributed by atoms with Crippen molar-refractivity contribution < 1.29 is 4.79 Å². The summed E-state index contributed by atoms with van der Waals surface area (Å²) in [5.74, 6) is 1.06. The third kappa shape index (κ3) is 3.92. The van der Waals surface area contributed by atoms with Crippen molar-refractivity contribution >= 4 is 29.0 Å². The van der Waals surface area contributed by atoms with Crippen LogP contribution in [0.1, 0.15) is 10.4 Å². The molecule has 7 heteroatoms. The molecule has 1 aromatic heterocycles. The molecule has 0 saturated heterocycles. The van der Waals surface area contributed by atoms with Gasteiger partial charge in [-0.2, -0.15) is 4.98 Å². The van der Waals surface area contributed by atoms with Gasteiger partial charge in [0.2, 0.25) is 5.95 Å². The van der Waals surface area contributed by atoms with Crippen LogP contribution in [-0.2, 0) is 0 Å². The fraction of sp³-hybridized carbons (Fsp3) is 0.353. The summed E-state index contributed by atoms with van der Waals surface area (Å²) in [7, 11) is 11.4. The summed E-state index contributed by atoms with van der Waals surface area (Å²) in [5, 5.41) is 2.90. The van der Waals surface area contributed by atoms with E-state index in [0.29, 0.717) is 23.0 Å². The van der Waals surface area contributed by atoms with Crippen LogP contribution < -0.4 is 20.0 Å². The highest BCUT2D eigenvalue weighted by Crippen LogP contribution is 2.24. The molecule has 1 heterocycles. The second-order valence-corrected chi connectivity index (χ2v) is 6.10. The van der Waals surface area contributed by atoms with Crippen molar-refractivity contribution in [3.63, 3.8) is 0 Å². The van der Waals surface area contributed by atoms with Crippen LogP contribution >= 0.6 is 0 Å². The van der Waals surface area contributed by atoms with E-state index in [1.54, 1.807) is 12.3 Å². The summed E-state index contributed by atoms with van der Waals surface area (Å²) in [6, 6.07) is 7.45. The summed E-state index contributed by atoms with van der Waals surface area (Å²) in [6.07, 6.45) is 1.63. The number of aromatic nitrogens is 2. The minimum Gasteiger partial charge on any atom is -0.378 e. The number of carbonyl (C=O) groups excluding carboxylic acids is 1. The number of carbonyl (C=O) groups is 1. The van der Waals surface area contributed by atoms with Gasteiger partial charge in [-0.15, -0.1) is 0 Å². The molecule has 1 N–H and O–H groups in total. The Morgan fingerprint density at radius 1 is 1.00 bits per heavy atom. The van der Waals surface area contributed by atoms with Crippen molar-refractivity contribution in [2.45, 2.75) is 0 Å². The Kier molecular flexibility index (Phi) is 5.23. The van der Waals surface area contributed by atoms with Crippen molar-refractivity contribution in [2.75, 3.05) is 62.3 Å². The quantitative estimate of drug-likeness (QED) is 0.905. The second-order valence-electron chi connectivity index (χ2n) is 6.10. The Bertz CT molecular complexity index is 727. The molecule has 128 valence electrons. The van der Waals surface area contributed by atoms with Gasteiger partial charge >= 0.3 is 0 Å². The number of rotatable bonds is 5. The number of hydrogen-bond donors (Lipinski definition) is 1. The first-order chi connectivity index (χ1) is 11.3. The first-order valence-electron chi connectivity index (χ1n) is 7.60.